The molecule has 5 nitrogen and oxygen atoms in total. The van der Waals surface area contributed by atoms with Gasteiger partial charge in [0.15, 0.2) is 5.78 Å². The Morgan fingerprint density at radius 1 is 1.29 bits per heavy atom. The lowest BCUT2D eigenvalue weighted by molar-refractivity contribution is -0.119. The molecule has 2 N–H and O–H groups in total. The van der Waals surface area contributed by atoms with Crippen LogP contribution in [0.25, 0.3) is 0 Å². The molecule has 0 spiro atoms. The monoisotopic (exact) mass is 291 g/mol. The first-order valence-electron chi connectivity index (χ1n) is 7.55. The number of piperidine rings is 1. The Morgan fingerprint density at radius 2 is 1.90 bits per heavy atom. The molecular formula is C16H25N3O2. The molecule has 116 valence electrons. The van der Waals surface area contributed by atoms with Gasteiger partial charge < -0.3 is 10.3 Å². The maximum atomic E-state index is 12.4. The lowest BCUT2D eigenvalue weighted by Crippen LogP contribution is -2.38. The summed E-state index contributed by atoms with van der Waals surface area (Å²) in [5.74, 6) is 0.346. The minimum atomic E-state index is -0.222. The van der Waals surface area contributed by atoms with Gasteiger partial charge in [0.1, 0.15) is 0 Å². The fourth-order valence-electron chi connectivity index (χ4n) is 3.06. The largest absolute Gasteiger partial charge is 0.370 e. The number of primary amides is 1. The summed E-state index contributed by atoms with van der Waals surface area (Å²) in [5.41, 5.74) is 8.20. The smallest absolute Gasteiger partial charge is 0.217 e. The number of ketones is 1. The van der Waals surface area contributed by atoms with Crippen LogP contribution in [0.5, 0.6) is 0 Å². The number of nitrogens with zero attached hydrogens (tertiary/aromatic N) is 2. The molecule has 0 aliphatic carbocycles. The van der Waals surface area contributed by atoms with E-state index in [4.69, 9.17) is 5.73 Å². The van der Waals surface area contributed by atoms with E-state index in [1.165, 1.54) is 0 Å². The third kappa shape index (κ3) is 3.73. The maximum Gasteiger partial charge on any atom is 0.217 e. The third-order valence-corrected chi connectivity index (χ3v) is 4.64. The first-order valence-corrected chi connectivity index (χ1v) is 7.55. The van der Waals surface area contributed by atoms with Gasteiger partial charge in [-0.2, -0.15) is 0 Å². The Morgan fingerprint density at radius 3 is 2.38 bits per heavy atom. The normalized spacial score (nSPS) is 17.1. The molecule has 1 aliphatic heterocycles. The van der Waals surface area contributed by atoms with E-state index in [0.29, 0.717) is 18.9 Å². The molecule has 2 rings (SSSR count). The first-order chi connectivity index (χ1) is 9.88. The van der Waals surface area contributed by atoms with E-state index in [2.05, 4.69) is 4.90 Å². The summed E-state index contributed by atoms with van der Waals surface area (Å²) in [4.78, 5) is 25.5. The van der Waals surface area contributed by atoms with E-state index < -0.39 is 0 Å². The van der Waals surface area contributed by atoms with E-state index >= 15 is 0 Å². The van der Waals surface area contributed by atoms with Crippen molar-refractivity contribution in [3.8, 4) is 0 Å². The van der Waals surface area contributed by atoms with E-state index in [9.17, 15) is 9.59 Å². The highest BCUT2D eigenvalue weighted by atomic mass is 16.1. The molecule has 1 fully saturated rings. The van der Waals surface area contributed by atoms with Crippen LogP contribution in [0.1, 0.15) is 41.0 Å². The van der Waals surface area contributed by atoms with Gasteiger partial charge in [-0.05, 0) is 51.8 Å². The second-order valence-electron chi connectivity index (χ2n) is 6.16. The molecule has 0 bridgehead atoms. The van der Waals surface area contributed by atoms with Gasteiger partial charge in [-0.25, -0.2) is 0 Å². The second-order valence-corrected chi connectivity index (χ2v) is 6.16. The number of likely N-dealkylation sites (tertiary alicyclic amines) is 1. The molecule has 1 amide bonds. The van der Waals surface area contributed by atoms with Gasteiger partial charge in [0.2, 0.25) is 5.91 Å². The molecule has 21 heavy (non-hydrogen) atoms. The number of carbonyl (C=O) groups is 2. The number of Topliss-reactive ketones (excluding diaryl/α,β-unsaturated/α-hetero) is 1. The number of aryl methyl sites for hydroxylation is 1. The molecule has 0 saturated carbocycles. The predicted molar refractivity (Wildman–Crippen MR) is 82.2 cm³/mol. The molecule has 0 unspecified atom stereocenters. The lowest BCUT2D eigenvalue weighted by atomic mass is 9.93. The van der Waals surface area contributed by atoms with Crippen molar-refractivity contribution in [2.24, 2.45) is 18.7 Å². The van der Waals surface area contributed by atoms with Crippen LogP contribution in [0.4, 0.5) is 0 Å². The number of rotatable bonds is 5. The number of carbonyl (C=O) groups excluding carboxylic acids is 2. The summed E-state index contributed by atoms with van der Waals surface area (Å²) in [6.45, 7) is 6.20. The zero-order valence-corrected chi connectivity index (χ0v) is 13.2. The number of nitrogens with two attached hydrogens (primary N) is 1. The number of hydrogen-bond donors (Lipinski definition) is 1. The highest BCUT2D eigenvalue weighted by Gasteiger charge is 2.23. The number of amides is 1. The lowest BCUT2D eigenvalue weighted by Gasteiger charge is -2.30. The van der Waals surface area contributed by atoms with Gasteiger partial charge in [-0.3, -0.25) is 14.5 Å². The predicted octanol–water partition coefficient (Wildman–Crippen LogP) is 1.41. The molecular weight excluding hydrogens is 266 g/mol. The van der Waals surface area contributed by atoms with Crippen LogP contribution >= 0.6 is 0 Å². The Hall–Kier alpha value is -1.62. The Balaban J connectivity index is 1.90. The molecule has 1 saturated heterocycles. The van der Waals surface area contributed by atoms with Crippen molar-refractivity contribution >= 4 is 11.7 Å². The minimum Gasteiger partial charge on any atom is -0.370 e. The SMILES string of the molecule is Cc1cc(C(=O)CN2CCC(CC(N)=O)CC2)c(C)n1C. The van der Waals surface area contributed by atoms with Crippen LogP contribution in [0, 0.1) is 19.8 Å². The van der Waals surface area contributed by atoms with Crippen molar-refractivity contribution in [2.75, 3.05) is 19.6 Å². The van der Waals surface area contributed by atoms with Gasteiger partial charge >= 0.3 is 0 Å². The molecule has 0 atom stereocenters. The van der Waals surface area contributed by atoms with Crippen molar-refractivity contribution in [2.45, 2.75) is 33.1 Å². The van der Waals surface area contributed by atoms with Crippen molar-refractivity contribution < 1.29 is 9.59 Å². The standard InChI is InChI=1S/C16H25N3O2/c1-11-8-14(12(2)18(11)3)15(20)10-19-6-4-13(5-7-19)9-16(17)21/h8,13H,4-7,9-10H2,1-3H3,(H2,17,21). The van der Waals surface area contributed by atoms with Crippen molar-refractivity contribution in [1.82, 2.24) is 9.47 Å². The fraction of sp³-hybridized carbons (Fsp3) is 0.625. The average molecular weight is 291 g/mol. The molecule has 1 aromatic rings. The Labute approximate surface area is 126 Å². The second kappa shape index (κ2) is 6.43. The molecule has 0 radical (unpaired) electrons. The highest BCUT2D eigenvalue weighted by Crippen LogP contribution is 2.21. The average Bonchev–Trinajstić information content (AvgIpc) is 2.68. The quantitative estimate of drug-likeness (QED) is 0.834. The first kappa shape index (κ1) is 15.8. The van der Waals surface area contributed by atoms with E-state index in [0.717, 1.165) is 42.9 Å². The van der Waals surface area contributed by atoms with Gasteiger partial charge in [-0.15, -0.1) is 0 Å². The number of hydrogen-bond acceptors (Lipinski definition) is 3. The van der Waals surface area contributed by atoms with E-state index in [1.807, 2.05) is 31.5 Å². The Bertz CT molecular complexity index is 540. The molecule has 1 aliphatic rings. The summed E-state index contributed by atoms with van der Waals surface area (Å²) in [6, 6.07) is 1.97. The summed E-state index contributed by atoms with van der Waals surface area (Å²) in [5, 5.41) is 0. The summed E-state index contributed by atoms with van der Waals surface area (Å²) >= 11 is 0. The molecule has 5 heteroatoms. The zero-order chi connectivity index (χ0) is 15.6. The maximum absolute atomic E-state index is 12.4. The van der Waals surface area contributed by atoms with Gasteiger partial charge in [0.05, 0.1) is 6.54 Å². The van der Waals surface area contributed by atoms with Crippen LogP contribution in [0.3, 0.4) is 0 Å². The third-order valence-electron chi connectivity index (χ3n) is 4.64. The van der Waals surface area contributed by atoms with Crippen molar-refractivity contribution in [3.05, 3.63) is 23.0 Å². The van der Waals surface area contributed by atoms with Gasteiger partial charge in [0, 0.05) is 30.4 Å². The summed E-state index contributed by atoms with van der Waals surface area (Å²) in [6.07, 6.45) is 2.37. The summed E-state index contributed by atoms with van der Waals surface area (Å²) in [7, 11) is 1.98. The summed E-state index contributed by atoms with van der Waals surface area (Å²) < 4.78 is 2.05. The fourth-order valence-corrected chi connectivity index (χ4v) is 3.06. The van der Waals surface area contributed by atoms with E-state index in [-0.39, 0.29) is 11.7 Å². The molecule has 0 aromatic carbocycles. The van der Waals surface area contributed by atoms with Crippen LogP contribution in [0.15, 0.2) is 6.07 Å². The minimum absolute atomic E-state index is 0.185. The van der Waals surface area contributed by atoms with Crippen LogP contribution in [0.2, 0.25) is 0 Å². The van der Waals surface area contributed by atoms with Gasteiger partial charge in [-0.1, -0.05) is 0 Å². The number of aromatic nitrogens is 1. The highest BCUT2D eigenvalue weighted by molar-refractivity contribution is 5.99. The Kier molecular flexibility index (Phi) is 4.83. The van der Waals surface area contributed by atoms with Crippen molar-refractivity contribution in [3.63, 3.8) is 0 Å². The molecule has 2 heterocycles. The van der Waals surface area contributed by atoms with E-state index in [1.54, 1.807) is 0 Å². The van der Waals surface area contributed by atoms with Crippen LogP contribution in [-0.2, 0) is 11.8 Å². The zero-order valence-electron chi connectivity index (χ0n) is 13.2. The van der Waals surface area contributed by atoms with Gasteiger partial charge in [0.25, 0.3) is 0 Å². The van der Waals surface area contributed by atoms with Crippen LogP contribution < -0.4 is 5.73 Å². The van der Waals surface area contributed by atoms with Crippen molar-refractivity contribution in [1.29, 1.82) is 0 Å². The molecule has 1 aromatic heterocycles. The topological polar surface area (TPSA) is 68.3 Å². The van der Waals surface area contributed by atoms with Crippen LogP contribution in [-0.4, -0.2) is 40.8 Å².